The van der Waals surface area contributed by atoms with E-state index in [0.29, 0.717) is 11.1 Å². The number of hydrogen-bond donors (Lipinski definition) is 2. The summed E-state index contributed by atoms with van der Waals surface area (Å²) in [6.45, 7) is 15.8. The zero-order valence-corrected chi connectivity index (χ0v) is 23.1. The summed E-state index contributed by atoms with van der Waals surface area (Å²) in [5.41, 5.74) is 3.12. The first-order valence-electron chi connectivity index (χ1n) is 10.9. The van der Waals surface area contributed by atoms with Gasteiger partial charge in [0, 0.05) is 22.3 Å². The van der Waals surface area contributed by atoms with Crippen LogP contribution < -0.4 is 10.2 Å². The van der Waals surface area contributed by atoms with E-state index < -0.39 is 11.9 Å². The Bertz CT molecular complexity index is 898. The maximum Gasteiger partial charge on any atom is 2.00 e. The Kier molecular flexibility index (Phi) is 12.5. The molecule has 0 fully saturated rings. The first-order chi connectivity index (χ1) is 14.7. The molecule has 2 aromatic rings. The van der Waals surface area contributed by atoms with Crippen LogP contribution in [0.2, 0.25) is 0 Å². The molecule has 0 aliphatic heterocycles. The van der Waals surface area contributed by atoms with Crippen molar-refractivity contribution in [1.29, 1.82) is 0 Å². The van der Waals surface area contributed by atoms with Gasteiger partial charge in [0.2, 0.25) is 0 Å². The number of carboxylic acids is 2. The minimum absolute atomic E-state index is 0. The Morgan fingerprint density at radius 2 is 0.879 bits per heavy atom. The van der Waals surface area contributed by atoms with Gasteiger partial charge in [-0.25, -0.2) is 0 Å². The zero-order valence-electron chi connectivity index (χ0n) is 20.9. The van der Waals surface area contributed by atoms with Gasteiger partial charge in [0.15, 0.2) is 0 Å². The molecule has 176 valence electrons. The van der Waals surface area contributed by atoms with Crippen LogP contribution in [0.25, 0.3) is 0 Å². The average Bonchev–Trinajstić information content (AvgIpc) is 2.66. The third-order valence-electron chi connectivity index (χ3n) is 5.34. The molecule has 2 rings (SSSR count). The molecule has 2 aromatic carbocycles. The average molecular weight is 483 g/mol. The van der Waals surface area contributed by atoms with E-state index in [-0.39, 0.29) is 84.0 Å². The number of phenols is 2. The van der Waals surface area contributed by atoms with Crippen molar-refractivity contribution in [3.8, 4) is 11.5 Å². The van der Waals surface area contributed by atoms with Gasteiger partial charge in [-0.05, 0) is 46.9 Å². The van der Waals surface area contributed by atoms with Crippen LogP contribution in [0.15, 0.2) is 24.3 Å². The van der Waals surface area contributed by atoms with E-state index in [1.165, 1.54) is 12.1 Å². The quantitative estimate of drug-likeness (QED) is 0.607. The molecule has 0 saturated heterocycles. The van der Waals surface area contributed by atoms with E-state index in [0.717, 1.165) is 11.1 Å². The molecule has 0 radical (unpaired) electrons. The molecule has 6 nitrogen and oxygen atoms in total. The number of hydrogen-bond acceptors (Lipinski definition) is 6. The maximum absolute atomic E-state index is 10.8. The van der Waals surface area contributed by atoms with Gasteiger partial charge in [-0.15, -0.1) is 0 Å². The van der Waals surface area contributed by atoms with Gasteiger partial charge in [-0.1, -0.05) is 67.5 Å². The molecule has 0 amide bonds. The molecule has 0 aromatic heterocycles. The fraction of sp³-hybridized carbons (Fsp3) is 0.462. The summed E-state index contributed by atoms with van der Waals surface area (Å²) >= 11 is 0. The van der Waals surface area contributed by atoms with E-state index in [1.807, 2.05) is 55.4 Å². The molecule has 0 saturated carbocycles. The van der Waals surface area contributed by atoms with Crippen LogP contribution in [-0.2, 0) is 0 Å². The number of carbonyl (C=O) groups excluding carboxylic acids is 2. The van der Waals surface area contributed by atoms with Crippen molar-refractivity contribution in [3.05, 3.63) is 57.6 Å². The Labute approximate surface area is 226 Å². The van der Waals surface area contributed by atoms with Crippen molar-refractivity contribution >= 4 is 49.7 Å². The Balaban J connectivity index is 0.000000602. The number of aromatic hydroxyl groups is 2. The molecule has 0 atom stereocenters. The first kappa shape index (κ1) is 31.2. The second-order valence-electron chi connectivity index (χ2n) is 9.12. The molecular formula is C26H34CaO6. The summed E-state index contributed by atoms with van der Waals surface area (Å²) in [6, 6.07) is 6.33. The maximum atomic E-state index is 10.8. The largest absolute Gasteiger partial charge is 2.00 e. The van der Waals surface area contributed by atoms with E-state index in [4.69, 9.17) is 0 Å². The summed E-state index contributed by atoms with van der Waals surface area (Å²) in [6.07, 6.45) is 0. The van der Waals surface area contributed by atoms with Crippen molar-refractivity contribution in [2.45, 2.75) is 79.1 Å². The van der Waals surface area contributed by atoms with Crippen molar-refractivity contribution in [3.63, 3.8) is 0 Å². The van der Waals surface area contributed by atoms with Gasteiger partial charge in [0.05, 0.1) is 11.9 Å². The summed E-state index contributed by atoms with van der Waals surface area (Å²) in [5, 5.41) is 41.5. The number of benzene rings is 2. The molecule has 0 aliphatic carbocycles. The van der Waals surface area contributed by atoms with Gasteiger partial charge >= 0.3 is 37.7 Å². The van der Waals surface area contributed by atoms with Crippen LogP contribution in [0.3, 0.4) is 0 Å². The Hall–Kier alpha value is -1.76. The van der Waals surface area contributed by atoms with Gasteiger partial charge < -0.3 is 30.0 Å². The van der Waals surface area contributed by atoms with Crippen molar-refractivity contribution in [2.75, 3.05) is 0 Å². The molecule has 0 unspecified atom stereocenters. The molecule has 0 heterocycles. The number of rotatable bonds is 6. The molecule has 2 N–H and O–H groups in total. The third kappa shape index (κ3) is 7.62. The van der Waals surface area contributed by atoms with E-state index in [2.05, 4.69) is 0 Å². The Morgan fingerprint density at radius 3 is 1.06 bits per heavy atom. The number of carbonyl (C=O) groups is 2. The standard InChI is InChI=1S/2C13H18O3.Ca/c2*1-7(2)9-5-6-10(13(15)16)12(14)11(9)8(3)4;/h2*5-8,14H,1-4H3,(H,15,16);/q;;+2/p-2. The molecule has 0 bridgehead atoms. The first-order valence-corrected chi connectivity index (χ1v) is 10.9. The summed E-state index contributed by atoms with van der Waals surface area (Å²) in [7, 11) is 0. The fourth-order valence-corrected chi connectivity index (χ4v) is 3.80. The van der Waals surface area contributed by atoms with Crippen molar-refractivity contribution in [2.24, 2.45) is 0 Å². The second kappa shape index (κ2) is 13.2. The topological polar surface area (TPSA) is 121 Å². The minimum Gasteiger partial charge on any atom is -0.545 e. The summed E-state index contributed by atoms with van der Waals surface area (Å²) in [5.74, 6) is -2.32. The van der Waals surface area contributed by atoms with Crippen LogP contribution in [0, 0.1) is 0 Å². The summed E-state index contributed by atoms with van der Waals surface area (Å²) < 4.78 is 0. The molecule has 0 spiro atoms. The number of aromatic carboxylic acids is 2. The third-order valence-corrected chi connectivity index (χ3v) is 5.34. The van der Waals surface area contributed by atoms with Gasteiger partial charge in [-0.2, -0.15) is 0 Å². The van der Waals surface area contributed by atoms with Crippen LogP contribution in [0.1, 0.15) is 122 Å². The molecule has 7 heteroatoms. The number of carboxylic acid groups (broad SMARTS) is 2. The van der Waals surface area contributed by atoms with E-state index in [9.17, 15) is 30.0 Å². The van der Waals surface area contributed by atoms with Crippen LogP contribution in [-0.4, -0.2) is 59.9 Å². The van der Waals surface area contributed by atoms with Crippen LogP contribution >= 0.6 is 0 Å². The zero-order chi connectivity index (χ0) is 24.9. The predicted octanol–water partition coefficient (Wildman–Crippen LogP) is 3.62. The second-order valence-corrected chi connectivity index (χ2v) is 9.12. The normalized spacial score (nSPS) is 10.8. The smallest absolute Gasteiger partial charge is 0.545 e. The van der Waals surface area contributed by atoms with E-state index in [1.54, 1.807) is 12.1 Å². The van der Waals surface area contributed by atoms with Gasteiger partial charge in [0.25, 0.3) is 0 Å². The van der Waals surface area contributed by atoms with E-state index >= 15 is 0 Å². The fourth-order valence-electron chi connectivity index (χ4n) is 3.80. The molecular weight excluding hydrogens is 448 g/mol. The summed E-state index contributed by atoms with van der Waals surface area (Å²) in [4.78, 5) is 21.6. The van der Waals surface area contributed by atoms with Crippen molar-refractivity contribution < 1.29 is 30.0 Å². The van der Waals surface area contributed by atoms with Crippen molar-refractivity contribution in [1.82, 2.24) is 0 Å². The van der Waals surface area contributed by atoms with Gasteiger partial charge in [0.1, 0.15) is 11.5 Å². The molecule has 33 heavy (non-hydrogen) atoms. The molecule has 0 aliphatic rings. The minimum atomic E-state index is -1.34. The van der Waals surface area contributed by atoms with Crippen LogP contribution in [0.5, 0.6) is 11.5 Å². The Morgan fingerprint density at radius 1 is 0.606 bits per heavy atom. The SMILES string of the molecule is CC(C)c1ccc(C(=O)[O-])c(O)c1C(C)C.CC(C)c1ccc(C(=O)[O-])c(O)c1C(C)C.[Ca+2]. The monoisotopic (exact) mass is 482 g/mol. The predicted molar refractivity (Wildman–Crippen MR) is 127 cm³/mol. The van der Waals surface area contributed by atoms with Gasteiger partial charge in [-0.3, -0.25) is 0 Å². The van der Waals surface area contributed by atoms with Crippen LogP contribution in [0.4, 0.5) is 0 Å².